The fourth-order valence-electron chi connectivity index (χ4n) is 3.22. The summed E-state index contributed by atoms with van der Waals surface area (Å²) < 4.78 is 16.9. The molecule has 4 rings (SSSR count). The fourth-order valence-corrected chi connectivity index (χ4v) is 3.64. The second kappa shape index (κ2) is 8.19. The molecule has 0 amide bonds. The van der Waals surface area contributed by atoms with Gasteiger partial charge in [0.05, 0.1) is 16.7 Å². The SMILES string of the molecule is O=c1c2c(-c3ccc(Cl)cc3)cn(-c3ccc(F)c(Cl)c3)c2ncn1CCCCl. The molecule has 0 aliphatic rings. The predicted molar refractivity (Wildman–Crippen MR) is 116 cm³/mol. The average Bonchev–Trinajstić information content (AvgIpc) is 3.10. The highest BCUT2D eigenvalue weighted by Crippen LogP contribution is 2.31. The molecule has 0 N–H and O–H groups in total. The van der Waals surface area contributed by atoms with Crippen molar-refractivity contribution in [2.75, 3.05) is 5.88 Å². The quantitative estimate of drug-likeness (QED) is 0.354. The van der Waals surface area contributed by atoms with E-state index in [9.17, 15) is 9.18 Å². The lowest BCUT2D eigenvalue weighted by Crippen LogP contribution is -2.21. The third-order valence-electron chi connectivity index (χ3n) is 4.64. The van der Waals surface area contributed by atoms with Crippen LogP contribution in [0.1, 0.15) is 6.42 Å². The van der Waals surface area contributed by atoms with Gasteiger partial charge in [-0.25, -0.2) is 9.37 Å². The fraction of sp³-hybridized carbons (Fsp3) is 0.143. The Morgan fingerprint density at radius 3 is 2.52 bits per heavy atom. The average molecular weight is 451 g/mol. The number of hydrogen-bond acceptors (Lipinski definition) is 2. The van der Waals surface area contributed by atoms with Crippen molar-refractivity contribution in [2.24, 2.45) is 0 Å². The molecule has 8 heteroatoms. The molecule has 0 saturated carbocycles. The monoisotopic (exact) mass is 449 g/mol. The summed E-state index contributed by atoms with van der Waals surface area (Å²) in [5, 5.41) is 1.05. The summed E-state index contributed by atoms with van der Waals surface area (Å²) in [6.45, 7) is 0.471. The zero-order chi connectivity index (χ0) is 20.5. The summed E-state index contributed by atoms with van der Waals surface area (Å²) in [6, 6.07) is 11.6. The Kier molecular flexibility index (Phi) is 5.63. The molecule has 0 radical (unpaired) electrons. The number of benzene rings is 2. The van der Waals surface area contributed by atoms with Crippen LogP contribution < -0.4 is 5.56 Å². The first kappa shape index (κ1) is 20.0. The van der Waals surface area contributed by atoms with Gasteiger partial charge in [0, 0.05) is 34.9 Å². The molecule has 0 bridgehead atoms. The highest BCUT2D eigenvalue weighted by molar-refractivity contribution is 6.31. The molecule has 2 aromatic carbocycles. The number of halogens is 4. The molecule has 0 spiro atoms. The van der Waals surface area contributed by atoms with Crippen molar-refractivity contribution < 1.29 is 4.39 Å². The van der Waals surface area contributed by atoms with Crippen LogP contribution in [-0.4, -0.2) is 20.0 Å². The molecule has 0 saturated heterocycles. The number of fused-ring (bicyclic) bond motifs is 1. The Morgan fingerprint density at radius 1 is 1.07 bits per heavy atom. The number of nitrogens with zero attached hydrogens (tertiary/aromatic N) is 3. The van der Waals surface area contributed by atoms with Gasteiger partial charge in [-0.15, -0.1) is 11.6 Å². The van der Waals surface area contributed by atoms with Crippen LogP contribution in [0.15, 0.2) is 59.8 Å². The van der Waals surface area contributed by atoms with Crippen LogP contribution in [0.3, 0.4) is 0 Å². The van der Waals surface area contributed by atoms with Crippen LogP contribution in [-0.2, 0) is 6.54 Å². The van der Waals surface area contributed by atoms with E-state index in [1.54, 1.807) is 33.5 Å². The Bertz CT molecular complexity index is 1250. The molecule has 4 nitrogen and oxygen atoms in total. The van der Waals surface area contributed by atoms with Crippen LogP contribution in [0, 0.1) is 5.82 Å². The van der Waals surface area contributed by atoms with Crippen molar-refractivity contribution in [3.8, 4) is 16.8 Å². The first-order valence-corrected chi connectivity index (χ1v) is 10.2. The van der Waals surface area contributed by atoms with E-state index in [1.807, 2.05) is 12.1 Å². The summed E-state index contributed by atoms with van der Waals surface area (Å²) >= 11 is 17.8. The van der Waals surface area contributed by atoms with Crippen molar-refractivity contribution in [1.82, 2.24) is 14.1 Å². The molecule has 0 atom stereocenters. The van der Waals surface area contributed by atoms with Gasteiger partial charge in [0.15, 0.2) is 5.65 Å². The third kappa shape index (κ3) is 3.78. The van der Waals surface area contributed by atoms with Crippen molar-refractivity contribution in [2.45, 2.75) is 13.0 Å². The van der Waals surface area contributed by atoms with Crippen molar-refractivity contribution in [3.63, 3.8) is 0 Å². The maximum absolute atomic E-state index is 13.6. The molecule has 0 aliphatic heterocycles. The summed E-state index contributed by atoms with van der Waals surface area (Å²) in [7, 11) is 0. The minimum Gasteiger partial charge on any atom is -0.300 e. The van der Waals surface area contributed by atoms with E-state index in [1.165, 1.54) is 18.5 Å². The molecular weight excluding hydrogens is 436 g/mol. The van der Waals surface area contributed by atoms with Gasteiger partial charge in [0.25, 0.3) is 5.56 Å². The Morgan fingerprint density at radius 2 is 1.83 bits per heavy atom. The maximum Gasteiger partial charge on any atom is 0.263 e. The van der Waals surface area contributed by atoms with Gasteiger partial charge in [-0.2, -0.15) is 0 Å². The number of aromatic nitrogens is 3. The Balaban J connectivity index is 2.00. The Labute approximate surface area is 181 Å². The third-order valence-corrected chi connectivity index (χ3v) is 5.45. The van der Waals surface area contributed by atoms with Crippen molar-refractivity contribution in [1.29, 1.82) is 0 Å². The standard InChI is InChI=1S/C21H15Cl3FN3O/c22-8-1-9-27-12-26-20-19(21(27)29)16(13-2-4-14(23)5-3-13)11-28(20)15-6-7-18(25)17(24)10-15/h2-7,10-12H,1,8-9H2. The van der Waals surface area contributed by atoms with Crippen molar-refractivity contribution in [3.05, 3.63) is 81.2 Å². The molecule has 2 aromatic heterocycles. The zero-order valence-corrected chi connectivity index (χ0v) is 17.3. The van der Waals surface area contributed by atoms with E-state index in [0.717, 1.165) is 5.56 Å². The summed E-state index contributed by atoms with van der Waals surface area (Å²) in [5.74, 6) is -0.0648. The van der Waals surface area contributed by atoms with Crippen molar-refractivity contribution >= 4 is 45.8 Å². The highest BCUT2D eigenvalue weighted by Gasteiger charge is 2.18. The van der Waals surface area contributed by atoms with E-state index >= 15 is 0 Å². The van der Waals surface area contributed by atoms with Gasteiger partial charge in [-0.05, 0) is 42.3 Å². The molecule has 148 valence electrons. The molecule has 0 fully saturated rings. The first-order chi connectivity index (χ1) is 14.0. The van der Waals surface area contributed by atoms with Gasteiger partial charge >= 0.3 is 0 Å². The van der Waals surface area contributed by atoms with Gasteiger partial charge in [-0.3, -0.25) is 9.36 Å². The first-order valence-electron chi connectivity index (χ1n) is 8.87. The predicted octanol–water partition coefficient (Wildman–Crippen LogP) is 5.93. The molecule has 0 unspecified atom stereocenters. The van der Waals surface area contributed by atoms with E-state index in [4.69, 9.17) is 34.8 Å². The van der Waals surface area contributed by atoms with Crippen LogP contribution in [0.4, 0.5) is 4.39 Å². The molecular formula is C21H15Cl3FN3O. The van der Waals surface area contributed by atoms with E-state index in [-0.39, 0.29) is 10.6 Å². The summed E-state index contributed by atoms with van der Waals surface area (Å²) in [5.41, 5.74) is 2.42. The largest absolute Gasteiger partial charge is 0.300 e. The number of rotatable bonds is 5. The molecule has 29 heavy (non-hydrogen) atoms. The lowest BCUT2D eigenvalue weighted by atomic mass is 10.1. The normalized spacial score (nSPS) is 11.3. The Hall–Kier alpha value is -2.34. The van der Waals surface area contributed by atoms with Crippen LogP contribution in [0.5, 0.6) is 0 Å². The van der Waals surface area contributed by atoms with Gasteiger partial charge < -0.3 is 4.57 Å². The highest BCUT2D eigenvalue weighted by atomic mass is 35.5. The topological polar surface area (TPSA) is 39.8 Å². The molecule has 2 heterocycles. The molecule has 4 aromatic rings. The lowest BCUT2D eigenvalue weighted by molar-refractivity contribution is 0.628. The van der Waals surface area contributed by atoms with Gasteiger partial charge in [-0.1, -0.05) is 35.3 Å². The number of hydrogen-bond donors (Lipinski definition) is 0. The zero-order valence-electron chi connectivity index (χ0n) is 15.1. The summed E-state index contributed by atoms with van der Waals surface area (Å²) in [4.78, 5) is 17.7. The van der Waals surface area contributed by atoms with Crippen LogP contribution in [0.25, 0.3) is 27.8 Å². The maximum atomic E-state index is 13.6. The molecule has 0 aliphatic carbocycles. The minimum atomic E-state index is -0.513. The number of alkyl halides is 1. The smallest absolute Gasteiger partial charge is 0.263 e. The van der Waals surface area contributed by atoms with E-state index < -0.39 is 5.82 Å². The summed E-state index contributed by atoms with van der Waals surface area (Å²) in [6.07, 6.45) is 3.96. The van der Waals surface area contributed by atoms with E-state index in [0.29, 0.717) is 46.2 Å². The van der Waals surface area contributed by atoms with E-state index in [2.05, 4.69) is 4.98 Å². The second-order valence-corrected chi connectivity index (χ2v) is 7.72. The van der Waals surface area contributed by atoms with Crippen LogP contribution >= 0.6 is 34.8 Å². The van der Waals surface area contributed by atoms with Gasteiger partial charge in [0.1, 0.15) is 5.82 Å². The van der Waals surface area contributed by atoms with Gasteiger partial charge in [0.2, 0.25) is 0 Å². The second-order valence-electron chi connectivity index (χ2n) is 6.50. The van der Waals surface area contributed by atoms with Crippen LogP contribution in [0.2, 0.25) is 10.0 Å². The minimum absolute atomic E-state index is 0.00662. The number of aryl methyl sites for hydroxylation is 1. The lowest BCUT2D eigenvalue weighted by Gasteiger charge is -2.07.